The van der Waals surface area contributed by atoms with Crippen LogP contribution in [0.2, 0.25) is 0 Å². The second kappa shape index (κ2) is 5.05. The summed E-state index contributed by atoms with van der Waals surface area (Å²) in [5.41, 5.74) is 7.34. The molecule has 94 valence electrons. The lowest BCUT2D eigenvalue weighted by Crippen LogP contribution is -2.38. The topological polar surface area (TPSA) is 42.1 Å². The van der Waals surface area contributed by atoms with Crippen LogP contribution in [0.4, 0.5) is 5.82 Å². The average molecular weight is 233 g/mol. The van der Waals surface area contributed by atoms with E-state index in [1.165, 1.54) is 32.4 Å². The highest BCUT2D eigenvalue weighted by molar-refractivity contribution is 5.28. The molecule has 1 saturated heterocycles. The third kappa shape index (κ3) is 3.19. The second-order valence-corrected chi connectivity index (χ2v) is 5.49. The lowest BCUT2D eigenvalue weighted by atomic mass is 9.78. The molecule has 0 aromatic carbocycles. The van der Waals surface area contributed by atoms with Gasteiger partial charge in [0.05, 0.1) is 5.69 Å². The zero-order valence-corrected chi connectivity index (χ0v) is 10.9. The first kappa shape index (κ1) is 12.4. The van der Waals surface area contributed by atoms with Gasteiger partial charge >= 0.3 is 0 Å². The van der Waals surface area contributed by atoms with Gasteiger partial charge < -0.3 is 5.73 Å². The molecule has 3 nitrogen and oxygen atoms in total. The van der Waals surface area contributed by atoms with Crippen molar-refractivity contribution in [2.75, 3.05) is 18.8 Å². The monoisotopic (exact) mass is 233 g/mol. The lowest BCUT2D eigenvalue weighted by Gasteiger charge is -2.38. The minimum atomic E-state index is 0.555. The van der Waals surface area contributed by atoms with E-state index in [-0.39, 0.29) is 0 Å². The van der Waals surface area contributed by atoms with Gasteiger partial charge in [0.2, 0.25) is 0 Å². The van der Waals surface area contributed by atoms with Gasteiger partial charge in [-0.2, -0.15) is 0 Å². The molecule has 1 aliphatic rings. The van der Waals surface area contributed by atoms with E-state index in [0.29, 0.717) is 11.2 Å². The van der Waals surface area contributed by atoms with Gasteiger partial charge in [0.15, 0.2) is 0 Å². The van der Waals surface area contributed by atoms with Crippen molar-refractivity contribution in [2.24, 2.45) is 5.41 Å². The summed E-state index contributed by atoms with van der Waals surface area (Å²) in [6.45, 7) is 8.00. The van der Waals surface area contributed by atoms with Crippen LogP contribution in [0.15, 0.2) is 18.2 Å². The van der Waals surface area contributed by atoms with Crippen molar-refractivity contribution >= 4 is 5.82 Å². The smallest absolute Gasteiger partial charge is 0.123 e. The van der Waals surface area contributed by atoms with Crippen molar-refractivity contribution in [2.45, 2.75) is 39.7 Å². The molecular weight excluding hydrogens is 210 g/mol. The number of piperidine rings is 1. The van der Waals surface area contributed by atoms with Gasteiger partial charge in [0.25, 0.3) is 0 Å². The summed E-state index contributed by atoms with van der Waals surface area (Å²) < 4.78 is 0. The van der Waals surface area contributed by atoms with E-state index < -0.39 is 0 Å². The SMILES string of the molecule is CCC1(C)CCN(Cc2cccc(N)n2)CC1. The first-order valence-corrected chi connectivity index (χ1v) is 6.55. The molecule has 1 aliphatic heterocycles. The van der Waals surface area contributed by atoms with Crippen LogP contribution in [0.3, 0.4) is 0 Å². The first-order chi connectivity index (χ1) is 8.11. The molecule has 0 saturated carbocycles. The van der Waals surface area contributed by atoms with Gasteiger partial charge in [-0.1, -0.05) is 26.3 Å². The quantitative estimate of drug-likeness (QED) is 0.872. The molecule has 1 aromatic rings. The zero-order chi connectivity index (χ0) is 12.3. The third-order valence-electron chi connectivity index (χ3n) is 4.13. The van der Waals surface area contributed by atoms with E-state index >= 15 is 0 Å². The first-order valence-electron chi connectivity index (χ1n) is 6.55. The number of nitrogens with zero attached hydrogens (tertiary/aromatic N) is 2. The van der Waals surface area contributed by atoms with Crippen molar-refractivity contribution < 1.29 is 0 Å². The zero-order valence-electron chi connectivity index (χ0n) is 10.9. The molecular formula is C14H23N3. The molecule has 17 heavy (non-hydrogen) atoms. The van der Waals surface area contributed by atoms with Gasteiger partial charge in [0, 0.05) is 6.54 Å². The Morgan fingerprint density at radius 1 is 1.35 bits per heavy atom. The fourth-order valence-corrected chi connectivity index (χ4v) is 2.42. The van der Waals surface area contributed by atoms with Crippen molar-refractivity contribution in [1.29, 1.82) is 0 Å². The number of rotatable bonds is 3. The summed E-state index contributed by atoms with van der Waals surface area (Å²) in [4.78, 5) is 6.85. The number of hydrogen-bond acceptors (Lipinski definition) is 3. The molecule has 1 fully saturated rings. The summed E-state index contributed by atoms with van der Waals surface area (Å²) >= 11 is 0. The Kier molecular flexibility index (Phi) is 3.67. The van der Waals surface area contributed by atoms with Crippen LogP contribution in [0.1, 0.15) is 38.8 Å². The number of pyridine rings is 1. The Labute approximate surface area is 104 Å². The summed E-state index contributed by atoms with van der Waals surface area (Å²) in [5.74, 6) is 0.623. The molecule has 2 N–H and O–H groups in total. The summed E-state index contributed by atoms with van der Waals surface area (Å²) in [7, 11) is 0. The molecule has 0 unspecified atom stereocenters. The molecule has 0 radical (unpaired) electrons. The summed E-state index contributed by atoms with van der Waals surface area (Å²) in [6.07, 6.45) is 3.88. The second-order valence-electron chi connectivity index (χ2n) is 5.49. The number of likely N-dealkylation sites (tertiary alicyclic amines) is 1. The van der Waals surface area contributed by atoms with Gasteiger partial charge in [0.1, 0.15) is 5.82 Å². The molecule has 2 heterocycles. The van der Waals surface area contributed by atoms with E-state index in [4.69, 9.17) is 5.73 Å². The maximum absolute atomic E-state index is 5.70. The van der Waals surface area contributed by atoms with Gasteiger partial charge in [-0.15, -0.1) is 0 Å². The molecule has 3 heteroatoms. The van der Waals surface area contributed by atoms with Crippen LogP contribution in [-0.2, 0) is 6.54 Å². The Morgan fingerprint density at radius 3 is 2.65 bits per heavy atom. The summed E-state index contributed by atoms with van der Waals surface area (Å²) in [5, 5.41) is 0. The molecule has 2 rings (SSSR count). The normalized spacial score (nSPS) is 20.4. The van der Waals surface area contributed by atoms with Crippen molar-refractivity contribution in [1.82, 2.24) is 9.88 Å². The van der Waals surface area contributed by atoms with Gasteiger partial charge in [-0.05, 0) is 43.5 Å². The van der Waals surface area contributed by atoms with Crippen LogP contribution < -0.4 is 5.73 Å². The Hall–Kier alpha value is -1.09. The molecule has 0 spiro atoms. The maximum Gasteiger partial charge on any atom is 0.123 e. The average Bonchev–Trinajstić information content (AvgIpc) is 2.33. The standard InChI is InChI=1S/C14H23N3/c1-3-14(2)7-9-17(10-8-14)11-12-5-4-6-13(15)16-12/h4-6H,3,7-11H2,1-2H3,(H2,15,16). The van der Waals surface area contributed by atoms with Gasteiger partial charge in [-0.25, -0.2) is 4.98 Å². The number of nitrogens with two attached hydrogens (primary N) is 1. The van der Waals surface area contributed by atoms with E-state index in [1.54, 1.807) is 0 Å². The Balaban J connectivity index is 1.90. The fourth-order valence-electron chi connectivity index (χ4n) is 2.42. The van der Waals surface area contributed by atoms with E-state index in [9.17, 15) is 0 Å². The van der Waals surface area contributed by atoms with Crippen LogP contribution >= 0.6 is 0 Å². The van der Waals surface area contributed by atoms with Crippen molar-refractivity contribution in [3.63, 3.8) is 0 Å². The molecule has 0 aliphatic carbocycles. The highest BCUT2D eigenvalue weighted by Crippen LogP contribution is 2.34. The van der Waals surface area contributed by atoms with E-state index in [0.717, 1.165) is 12.2 Å². The molecule has 0 atom stereocenters. The molecule has 0 bridgehead atoms. The predicted octanol–water partition coefficient (Wildman–Crippen LogP) is 2.68. The minimum absolute atomic E-state index is 0.555. The maximum atomic E-state index is 5.70. The van der Waals surface area contributed by atoms with Crippen LogP contribution in [0.5, 0.6) is 0 Å². The number of anilines is 1. The van der Waals surface area contributed by atoms with E-state index in [2.05, 4.69) is 29.8 Å². The number of hydrogen-bond donors (Lipinski definition) is 1. The molecule has 1 aromatic heterocycles. The highest BCUT2D eigenvalue weighted by Gasteiger charge is 2.28. The number of nitrogen functional groups attached to an aromatic ring is 1. The van der Waals surface area contributed by atoms with Crippen LogP contribution in [0, 0.1) is 5.41 Å². The number of aromatic nitrogens is 1. The molecule has 0 amide bonds. The minimum Gasteiger partial charge on any atom is -0.384 e. The third-order valence-corrected chi connectivity index (χ3v) is 4.13. The largest absolute Gasteiger partial charge is 0.384 e. The van der Waals surface area contributed by atoms with Crippen molar-refractivity contribution in [3.05, 3.63) is 23.9 Å². The fraction of sp³-hybridized carbons (Fsp3) is 0.643. The predicted molar refractivity (Wildman–Crippen MR) is 71.6 cm³/mol. The lowest BCUT2D eigenvalue weighted by molar-refractivity contribution is 0.109. The summed E-state index contributed by atoms with van der Waals surface area (Å²) in [6, 6.07) is 5.88. The highest BCUT2D eigenvalue weighted by atomic mass is 15.1. The van der Waals surface area contributed by atoms with Crippen LogP contribution in [0.25, 0.3) is 0 Å². The Bertz CT molecular complexity index is 367. The van der Waals surface area contributed by atoms with E-state index in [1.807, 2.05) is 12.1 Å². The van der Waals surface area contributed by atoms with Crippen LogP contribution in [-0.4, -0.2) is 23.0 Å². The van der Waals surface area contributed by atoms with Gasteiger partial charge in [-0.3, -0.25) is 4.90 Å². The van der Waals surface area contributed by atoms with Crippen molar-refractivity contribution in [3.8, 4) is 0 Å². The Morgan fingerprint density at radius 2 is 2.06 bits per heavy atom.